The maximum atomic E-state index is 5.80. The predicted molar refractivity (Wildman–Crippen MR) is 72.6 cm³/mol. The lowest BCUT2D eigenvalue weighted by molar-refractivity contribution is 0.551. The van der Waals surface area contributed by atoms with Crippen LogP contribution < -0.4 is 5.32 Å². The fourth-order valence-corrected chi connectivity index (χ4v) is 2.24. The summed E-state index contributed by atoms with van der Waals surface area (Å²) in [4.78, 5) is 0. The fraction of sp³-hybridized carbons (Fsp3) is 0.385. The molecular weight excluding hydrogens is 234 g/mol. The van der Waals surface area contributed by atoms with E-state index in [0.29, 0.717) is 5.88 Å². The van der Waals surface area contributed by atoms with E-state index in [0.717, 1.165) is 23.0 Å². The summed E-state index contributed by atoms with van der Waals surface area (Å²) in [7, 11) is 0. The molecule has 17 heavy (non-hydrogen) atoms. The molecule has 0 saturated heterocycles. The average molecular weight is 250 g/mol. The predicted octanol–water partition coefficient (Wildman–Crippen LogP) is 3.45. The third-order valence-corrected chi connectivity index (χ3v) is 2.93. The normalized spacial score (nSPS) is 11.7. The van der Waals surface area contributed by atoms with Gasteiger partial charge in [-0.3, -0.25) is 0 Å². The molecular formula is C13H16ClN3. The van der Waals surface area contributed by atoms with Crippen LogP contribution in [0, 0.1) is 0 Å². The molecule has 1 heterocycles. The van der Waals surface area contributed by atoms with E-state index in [1.165, 1.54) is 0 Å². The van der Waals surface area contributed by atoms with Gasteiger partial charge in [0.25, 0.3) is 0 Å². The molecule has 0 aliphatic heterocycles. The van der Waals surface area contributed by atoms with Gasteiger partial charge in [-0.25, -0.2) is 0 Å². The summed E-state index contributed by atoms with van der Waals surface area (Å²) >= 11 is 5.80. The first-order valence-corrected chi connectivity index (χ1v) is 6.20. The van der Waals surface area contributed by atoms with Crippen LogP contribution in [-0.4, -0.2) is 21.6 Å². The molecule has 0 aliphatic rings. The molecule has 1 N–H and O–H groups in total. The number of halogens is 1. The molecule has 4 heteroatoms. The second-order valence-corrected chi connectivity index (χ2v) is 5.10. The van der Waals surface area contributed by atoms with Gasteiger partial charge in [-0.15, -0.1) is 11.6 Å². The van der Waals surface area contributed by atoms with E-state index in [2.05, 4.69) is 29.4 Å². The lowest BCUT2D eigenvalue weighted by Gasteiger charge is -2.27. The van der Waals surface area contributed by atoms with Gasteiger partial charge in [-0.1, -0.05) is 18.2 Å². The molecule has 0 saturated carbocycles. The van der Waals surface area contributed by atoms with Crippen molar-refractivity contribution >= 4 is 28.2 Å². The van der Waals surface area contributed by atoms with Crippen LogP contribution >= 0.6 is 11.6 Å². The van der Waals surface area contributed by atoms with Crippen LogP contribution in [0.15, 0.2) is 30.5 Å². The average Bonchev–Trinajstić information content (AvgIpc) is 2.29. The highest BCUT2D eigenvalue weighted by Crippen LogP contribution is 2.24. The van der Waals surface area contributed by atoms with E-state index in [4.69, 9.17) is 11.6 Å². The van der Waals surface area contributed by atoms with Crippen molar-refractivity contribution in [2.45, 2.75) is 25.8 Å². The van der Waals surface area contributed by atoms with Gasteiger partial charge in [0.05, 0.1) is 17.4 Å². The van der Waals surface area contributed by atoms with Crippen LogP contribution in [0.4, 0.5) is 5.69 Å². The molecule has 0 spiro atoms. The SMILES string of the molecule is CC(C)(CCCl)Nc1cnnc2ccccc12. The number of fused-ring (bicyclic) bond motifs is 1. The highest BCUT2D eigenvalue weighted by atomic mass is 35.5. The zero-order chi connectivity index (χ0) is 12.3. The molecule has 3 nitrogen and oxygen atoms in total. The molecule has 1 aromatic carbocycles. The van der Waals surface area contributed by atoms with Gasteiger partial charge in [0.1, 0.15) is 0 Å². The Kier molecular flexibility index (Phi) is 3.48. The highest BCUT2D eigenvalue weighted by molar-refractivity contribution is 6.17. The number of hydrogen-bond acceptors (Lipinski definition) is 3. The third-order valence-electron chi connectivity index (χ3n) is 2.74. The molecule has 2 aromatic rings. The lowest BCUT2D eigenvalue weighted by Crippen LogP contribution is -2.31. The molecule has 0 fully saturated rings. The minimum Gasteiger partial charge on any atom is -0.378 e. The van der Waals surface area contributed by atoms with Gasteiger partial charge >= 0.3 is 0 Å². The molecule has 0 bridgehead atoms. The van der Waals surface area contributed by atoms with Crippen molar-refractivity contribution in [3.8, 4) is 0 Å². The van der Waals surface area contributed by atoms with Gasteiger partial charge in [0.2, 0.25) is 0 Å². The quantitative estimate of drug-likeness (QED) is 0.844. The zero-order valence-corrected chi connectivity index (χ0v) is 10.8. The largest absolute Gasteiger partial charge is 0.378 e. The van der Waals surface area contributed by atoms with Crippen molar-refractivity contribution in [1.82, 2.24) is 10.2 Å². The molecule has 90 valence electrons. The standard InChI is InChI=1S/C13H16ClN3/c1-13(2,7-8-14)16-12-9-15-17-11-6-4-3-5-10(11)12/h3-6,9H,7-8H2,1-2H3,(H,16,17). The summed E-state index contributed by atoms with van der Waals surface area (Å²) in [6, 6.07) is 7.97. The van der Waals surface area contributed by atoms with E-state index in [1.807, 2.05) is 24.3 Å². The zero-order valence-electron chi connectivity index (χ0n) is 10.1. The summed E-state index contributed by atoms with van der Waals surface area (Å²) in [5, 5.41) is 12.7. The monoisotopic (exact) mass is 249 g/mol. The van der Waals surface area contributed by atoms with E-state index in [-0.39, 0.29) is 5.54 Å². The van der Waals surface area contributed by atoms with Crippen LogP contribution in [0.25, 0.3) is 10.9 Å². The topological polar surface area (TPSA) is 37.8 Å². The van der Waals surface area contributed by atoms with E-state index in [9.17, 15) is 0 Å². The van der Waals surface area contributed by atoms with Crippen LogP contribution in [0.5, 0.6) is 0 Å². The van der Waals surface area contributed by atoms with Crippen molar-refractivity contribution in [2.24, 2.45) is 0 Å². The second kappa shape index (κ2) is 4.88. The van der Waals surface area contributed by atoms with Crippen molar-refractivity contribution in [3.05, 3.63) is 30.5 Å². The molecule has 1 aromatic heterocycles. The first-order valence-electron chi connectivity index (χ1n) is 5.67. The molecule has 0 atom stereocenters. The van der Waals surface area contributed by atoms with Gasteiger partial charge in [0, 0.05) is 16.8 Å². The van der Waals surface area contributed by atoms with Crippen LogP contribution in [-0.2, 0) is 0 Å². The first kappa shape index (κ1) is 12.1. The number of hydrogen-bond donors (Lipinski definition) is 1. The lowest BCUT2D eigenvalue weighted by atomic mass is 10.0. The van der Waals surface area contributed by atoms with E-state index < -0.39 is 0 Å². The molecule has 0 aliphatic carbocycles. The number of alkyl halides is 1. The van der Waals surface area contributed by atoms with Crippen molar-refractivity contribution in [2.75, 3.05) is 11.2 Å². The van der Waals surface area contributed by atoms with E-state index >= 15 is 0 Å². The number of nitrogens with one attached hydrogen (secondary N) is 1. The Balaban J connectivity index is 2.36. The molecule has 0 radical (unpaired) electrons. The number of nitrogens with zero attached hydrogens (tertiary/aromatic N) is 2. The summed E-state index contributed by atoms with van der Waals surface area (Å²) in [5.74, 6) is 0.635. The number of benzene rings is 1. The summed E-state index contributed by atoms with van der Waals surface area (Å²) in [6.45, 7) is 4.26. The Bertz CT molecular complexity index is 505. The number of aromatic nitrogens is 2. The van der Waals surface area contributed by atoms with Gasteiger partial charge in [-0.2, -0.15) is 10.2 Å². The van der Waals surface area contributed by atoms with Crippen LogP contribution in [0.2, 0.25) is 0 Å². The van der Waals surface area contributed by atoms with Crippen LogP contribution in [0.3, 0.4) is 0 Å². The Hall–Kier alpha value is -1.35. The smallest absolute Gasteiger partial charge is 0.0950 e. The summed E-state index contributed by atoms with van der Waals surface area (Å²) < 4.78 is 0. The maximum Gasteiger partial charge on any atom is 0.0950 e. The Morgan fingerprint density at radius 2 is 2.06 bits per heavy atom. The Labute approximate surface area is 106 Å². The Morgan fingerprint density at radius 1 is 1.29 bits per heavy atom. The first-order chi connectivity index (χ1) is 8.12. The number of rotatable bonds is 4. The minimum absolute atomic E-state index is 0.0481. The molecule has 2 rings (SSSR count). The van der Waals surface area contributed by atoms with Gasteiger partial charge in [-0.05, 0) is 26.3 Å². The Morgan fingerprint density at radius 3 is 2.82 bits per heavy atom. The molecule has 0 unspecified atom stereocenters. The van der Waals surface area contributed by atoms with Crippen molar-refractivity contribution in [1.29, 1.82) is 0 Å². The van der Waals surface area contributed by atoms with Crippen molar-refractivity contribution in [3.63, 3.8) is 0 Å². The highest BCUT2D eigenvalue weighted by Gasteiger charge is 2.17. The van der Waals surface area contributed by atoms with Gasteiger partial charge < -0.3 is 5.32 Å². The van der Waals surface area contributed by atoms with Crippen LogP contribution in [0.1, 0.15) is 20.3 Å². The second-order valence-electron chi connectivity index (χ2n) is 4.72. The maximum absolute atomic E-state index is 5.80. The third kappa shape index (κ3) is 2.86. The molecule has 0 amide bonds. The summed E-state index contributed by atoms with van der Waals surface area (Å²) in [6.07, 6.45) is 2.66. The van der Waals surface area contributed by atoms with Crippen molar-refractivity contribution < 1.29 is 0 Å². The number of anilines is 1. The minimum atomic E-state index is -0.0481. The van der Waals surface area contributed by atoms with E-state index in [1.54, 1.807) is 6.20 Å². The van der Waals surface area contributed by atoms with Gasteiger partial charge in [0.15, 0.2) is 0 Å². The fourth-order valence-electron chi connectivity index (χ4n) is 1.77. The summed E-state index contributed by atoms with van der Waals surface area (Å²) in [5.41, 5.74) is 1.86.